The van der Waals surface area contributed by atoms with Crippen molar-refractivity contribution in [2.75, 3.05) is 0 Å². The maximum atomic E-state index is 10.8. The minimum absolute atomic E-state index is 0.104. The molecule has 0 spiro atoms. The standard InChI is InChI=1S/C11H8N2O2S/c14-11(15)8-5-7-6-16-10-4-2-1-3-9(10)13(7)12-8/h1-5H,6H2,(H,14,15). The van der Waals surface area contributed by atoms with Gasteiger partial charge in [0.2, 0.25) is 0 Å². The second kappa shape index (κ2) is 3.38. The van der Waals surface area contributed by atoms with Gasteiger partial charge in [-0.1, -0.05) is 12.1 Å². The largest absolute Gasteiger partial charge is 0.476 e. The van der Waals surface area contributed by atoms with Gasteiger partial charge in [-0.2, -0.15) is 5.10 Å². The van der Waals surface area contributed by atoms with Crippen molar-refractivity contribution < 1.29 is 9.90 Å². The van der Waals surface area contributed by atoms with Gasteiger partial charge in [0.15, 0.2) is 5.69 Å². The Labute approximate surface area is 95.9 Å². The summed E-state index contributed by atoms with van der Waals surface area (Å²) in [4.78, 5) is 12.0. The first kappa shape index (κ1) is 9.47. The highest BCUT2D eigenvalue weighted by Crippen LogP contribution is 2.34. The molecule has 80 valence electrons. The van der Waals surface area contributed by atoms with Gasteiger partial charge in [0.25, 0.3) is 0 Å². The topological polar surface area (TPSA) is 55.1 Å². The Balaban J connectivity index is 2.20. The highest BCUT2D eigenvalue weighted by atomic mass is 32.2. The van der Waals surface area contributed by atoms with Gasteiger partial charge in [-0.3, -0.25) is 0 Å². The lowest BCUT2D eigenvalue weighted by atomic mass is 10.3. The van der Waals surface area contributed by atoms with Gasteiger partial charge in [0.1, 0.15) is 0 Å². The fraction of sp³-hybridized carbons (Fsp3) is 0.0909. The predicted octanol–water partition coefficient (Wildman–Crippen LogP) is 2.18. The third kappa shape index (κ3) is 1.32. The molecule has 2 heterocycles. The molecule has 3 rings (SSSR count). The predicted molar refractivity (Wildman–Crippen MR) is 60.1 cm³/mol. The summed E-state index contributed by atoms with van der Waals surface area (Å²) in [6.07, 6.45) is 0. The Hall–Kier alpha value is -1.75. The Morgan fingerprint density at radius 1 is 1.44 bits per heavy atom. The van der Waals surface area contributed by atoms with Crippen molar-refractivity contribution in [1.29, 1.82) is 0 Å². The lowest BCUT2D eigenvalue weighted by Crippen LogP contribution is -2.07. The molecule has 1 aliphatic heterocycles. The van der Waals surface area contributed by atoms with E-state index in [9.17, 15) is 4.79 Å². The van der Waals surface area contributed by atoms with Crippen molar-refractivity contribution in [3.63, 3.8) is 0 Å². The second-order valence-corrected chi connectivity index (χ2v) is 4.51. The number of benzene rings is 1. The minimum atomic E-state index is -0.982. The summed E-state index contributed by atoms with van der Waals surface area (Å²) in [5, 5.41) is 13.0. The molecule has 0 saturated heterocycles. The molecular formula is C11H8N2O2S. The summed E-state index contributed by atoms with van der Waals surface area (Å²) in [5.41, 5.74) is 2.00. The second-order valence-electron chi connectivity index (χ2n) is 3.49. The number of para-hydroxylation sites is 1. The molecule has 16 heavy (non-hydrogen) atoms. The summed E-state index contributed by atoms with van der Waals surface area (Å²) in [7, 11) is 0. The Bertz CT molecular complexity index is 577. The lowest BCUT2D eigenvalue weighted by Gasteiger charge is -2.16. The third-order valence-corrected chi connectivity index (χ3v) is 3.57. The monoisotopic (exact) mass is 232 g/mol. The van der Waals surface area contributed by atoms with E-state index in [1.54, 1.807) is 22.5 Å². The van der Waals surface area contributed by atoms with Crippen LogP contribution < -0.4 is 0 Å². The van der Waals surface area contributed by atoms with E-state index in [-0.39, 0.29) is 5.69 Å². The molecule has 0 aliphatic carbocycles. The summed E-state index contributed by atoms with van der Waals surface area (Å²) in [6, 6.07) is 9.50. The summed E-state index contributed by atoms with van der Waals surface area (Å²) < 4.78 is 1.72. The number of carboxylic acid groups (broad SMARTS) is 1. The molecule has 2 aromatic rings. The zero-order valence-corrected chi connectivity index (χ0v) is 9.07. The molecule has 1 aromatic carbocycles. The zero-order valence-electron chi connectivity index (χ0n) is 8.25. The zero-order chi connectivity index (χ0) is 11.1. The van der Waals surface area contributed by atoms with Crippen LogP contribution in [0.25, 0.3) is 5.69 Å². The Morgan fingerprint density at radius 3 is 3.06 bits per heavy atom. The fourth-order valence-electron chi connectivity index (χ4n) is 1.74. The van der Waals surface area contributed by atoms with Crippen LogP contribution in [0.2, 0.25) is 0 Å². The van der Waals surface area contributed by atoms with Crippen LogP contribution in [0.4, 0.5) is 0 Å². The number of nitrogens with zero attached hydrogens (tertiary/aromatic N) is 2. The molecule has 0 atom stereocenters. The van der Waals surface area contributed by atoms with E-state index in [0.29, 0.717) is 0 Å². The molecule has 0 unspecified atom stereocenters. The molecular weight excluding hydrogens is 224 g/mol. The smallest absolute Gasteiger partial charge is 0.356 e. The Morgan fingerprint density at radius 2 is 2.25 bits per heavy atom. The number of aromatic nitrogens is 2. The average Bonchev–Trinajstić information content (AvgIpc) is 2.73. The van der Waals surface area contributed by atoms with Crippen LogP contribution in [-0.4, -0.2) is 20.9 Å². The highest BCUT2D eigenvalue weighted by molar-refractivity contribution is 7.98. The molecule has 0 fully saturated rings. The van der Waals surface area contributed by atoms with E-state index in [1.807, 2.05) is 24.3 Å². The van der Waals surface area contributed by atoms with Gasteiger partial charge in [-0.05, 0) is 18.2 Å². The normalized spacial score (nSPS) is 13.0. The van der Waals surface area contributed by atoms with Gasteiger partial charge in [-0.15, -0.1) is 11.8 Å². The van der Waals surface area contributed by atoms with Gasteiger partial charge < -0.3 is 5.11 Å². The number of aromatic carboxylic acids is 1. The van der Waals surface area contributed by atoms with Crippen molar-refractivity contribution in [3.05, 3.63) is 41.7 Å². The molecule has 4 nitrogen and oxygen atoms in total. The van der Waals surface area contributed by atoms with Gasteiger partial charge in [0.05, 0.1) is 11.4 Å². The summed E-state index contributed by atoms with van der Waals surface area (Å²) in [6.45, 7) is 0. The van der Waals surface area contributed by atoms with Crippen LogP contribution in [0.1, 0.15) is 16.2 Å². The van der Waals surface area contributed by atoms with Crippen LogP contribution in [0.5, 0.6) is 0 Å². The Kier molecular flexibility index (Phi) is 2.00. The molecule has 1 aliphatic rings. The molecule has 1 N–H and O–H groups in total. The van der Waals surface area contributed by atoms with Crippen molar-refractivity contribution in [1.82, 2.24) is 9.78 Å². The number of hydrogen-bond donors (Lipinski definition) is 1. The first-order chi connectivity index (χ1) is 7.75. The van der Waals surface area contributed by atoms with Crippen LogP contribution in [-0.2, 0) is 5.75 Å². The van der Waals surface area contributed by atoms with Gasteiger partial charge >= 0.3 is 5.97 Å². The van der Waals surface area contributed by atoms with Crippen LogP contribution in [0.3, 0.4) is 0 Å². The molecule has 0 bridgehead atoms. The number of fused-ring (bicyclic) bond motifs is 3. The molecule has 0 radical (unpaired) electrons. The first-order valence-electron chi connectivity index (χ1n) is 4.80. The highest BCUT2D eigenvalue weighted by Gasteiger charge is 2.20. The number of thioether (sulfide) groups is 1. The van der Waals surface area contributed by atoms with Crippen LogP contribution in [0, 0.1) is 0 Å². The number of hydrogen-bond acceptors (Lipinski definition) is 3. The first-order valence-corrected chi connectivity index (χ1v) is 5.79. The fourth-order valence-corrected chi connectivity index (χ4v) is 2.73. The minimum Gasteiger partial charge on any atom is -0.476 e. The van der Waals surface area contributed by atoms with Gasteiger partial charge in [-0.25, -0.2) is 9.48 Å². The SMILES string of the molecule is O=C(O)c1cc2n(n1)-c1ccccc1SC2. The third-order valence-electron chi connectivity index (χ3n) is 2.47. The van der Waals surface area contributed by atoms with Crippen molar-refractivity contribution in [3.8, 4) is 5.69 Å². The molecule has 0 amide bonds. The molecule has 0 saturated carbocycles. The van der Waals surface area contributed by atoms with Crippen LogP contribution >= 0.6 is 11.8 Å². The van der Waals surface area contributed by atoms with E-state index in [2.05, 4.69) is 5.10 Å². The van der Waals surface area contributed by atoms with Crippen LogP contribution in [0.15, 0.2) is 35.2 Å². The lowest BCUT2D eigenvalue weighted by molar-refractivity contribution is 0.0690. The van der Waals surface area contributed by atoms with Gasteiger partial charge in [0, 0.05) is 10.6 Å². The average molecular weight is 232 g/mol. The quantitative estimate of drug-likeness (QED) is 0.818. The summed E-state index contributed by atoms with van der Waals surface area (Å²) >= 11 is 1.70. The molecule has 1 aromatic heterocycles. The van der Waals surface area contributed by atoms with E-state index in [4.69, 9.17) is 5.11 Å². The van der Waals surface area contributed by atoms with Crippen molar-refractivity contribution in [2.24, 2.45) is 0 Å². The number of carbonyl (C=O) groups is 1. The summed E-state index contributed by atoms with van der Waals surface area (Å²) in [5.74, 6) is -0.221. The maximum Gasteiger partial charge on any atom is 0.356 e. The number of carboxylic acids is 1. The van der Waals surface area contributed by atoms with E-state index in [1.165, 1.54) is 0 Å². The van der Waals surface area contributed by atoms with Crippen molar-refractivity contribution >= 4 is 17.7 Å². The van der Waals surface area contributed by atoms with E-state index < -0.39 is 5.97 Å². The molecule has 5 heteroatoms. The maximum absolute atomic E-state index is 10.8. The number of rotatable bonds is 1. The van der Waals surface area contributed by atoms with Crippen molar-refractivity contribution in [2.45, 2.75) is 10.6 Å². The van der Waals surface area contributed by atoms with E-state index in [0.717, 1.165) is 22.0 Å². The van der Waals surface area contributed by atoms with E-state index >= 15 is 0 Å².